The van der Waals surface area contributed by atoms with Gasteiger partial charge in [-0.2, -0.15) is 0 Å². The molecule has 1 aromatic rings. The topological polar surface area (TPSA) is 3.24 Å². The summed E-state index contributed by atoms with van der Waals surface area (Å²) in [4.78, 5) is 2.33. The fourth-order valence-electron chi connectivity index (χ4n) is 1.23. The zero-order valence-electron chi connectivity index (χ0n) is 8.06. The fraction of sp³-hybridized carbons (Fsp3) is 0.400. The number of para-hydroxylation sites is 1. The summed E-state index contributed by atoms with van der Waals surface area (Å²) in [5, 5.41) is 0. The van der Waals surface area contributed by atoms with Crippen LogP contribution in [0.2, 0.25) is 0 Å². The highest BCUT2D eigenvalue weighted by molar-refractivity contribution is 8.93. The highest BCUT2D eigenvalue weighted by Gasteiger charge is 1.97. The minimum atomic E-state index is 0. The van der Waals surface area contributed by atoms with Gasteiger partial charge in [-0.15, -0.1) is 29.4 Å². The van der Waals surface area contributed by atoms with E-state index in [4.69, 9.17) is 0 Å². The van der Waals surface area contributed by atoms with Gasteiger partial charge in [-0.25, -0.2) is 0 Å². The Morgan fingerprint density at radius 1 is 1.00 bits per heavy atom. The van der Waals surface area contributed by atoms with Crippen molar-refractivity contribution in [2.45, 2.75) is 13.8 Å². The molecule has 0 fully saturated rings. The summed E-state index contributed by atoms with van der Waals surface area (Å²) in [5.41, 5.74) is 1.32. The molecule has 0 aliphatic carbocycles. The molecular formula is C10H17BrClN. The SMILES string of the molecule is Br.CCN(CC)c1ccccc1.Cl. The number of rotatable bonds is 3. The lowest BCUT2D eigenvalue weighted by Crippen LogP contribution is -2.21. The Morgan fingerprint density at radius 2 is 1.46 bits per heavy atom. The van der Waals surface area contributed by atoms with Gasteiger partial charge in [0.1, 0.15) is 0 Å². The second kappa shape index (κ2) is 8.39. The first-order valence-corrected chi connectivity index (χ1v) is 4.18. The van der Waals surface area contributed by atoms with Gasteiger partial charge in [-0.1, -0.05) is 18.2 Å². The normalized spacial score (nSPS) is 8.15. The highest BCUT2D eigenvalue weighted by Crippen LogP contribution is 2.11. The van der Waals surface area contributed by atoms with E-state index >= 15 is 0 Å². The lowest BCUT2D eigenvalue weighted by atomic mass is 10.3. The molecule has 0 unspecified atom stereocenters. The van der Waals surface area contributed by atoms with Gasteiger partial charge in [0.2, 0.25) is 0 Å². The quantitative estimate of drug-likeness (QED) is 0.809. The largest absolute Gasteiger partial charge is 0.372 e. The van der Waals surface area contributed by atoms with E-state index < -0.39 is 0 Å². The molecule has 0 radical (unpaired) electrons. The van der Waals surface area contributed by atoms with Crippen LogP contribution in [0.3, 0.4) is 0 Å². The summed E-state index contributed by atoms with van der Waals surface area (Å²) in [6.07, 6.45) is 0. The maximum Gasteiger partial charge on any atom is 0.0365 e. The van der Waals surface area contributed by atoms with Crippen LogP contribution < -0.4 is 4.90 Å². The maximum atomic E-state index is 2.33. The summed E-state index contributed by atoms with van der Waals surface area (Å²) in [6, 6.07) is 10.5. The van der Waals surface area contributed by atoms with Gasteiger partial charge in [-0.05, 0) is 26.0 Å². The first kappa shape index (κ1) is 15.3. The van der Waals surface area contributed by atoms with Crippen LogP contribution >= 0.6 is 29.4 Å². The van der Waals surface area contributed by atoms with Crippen molar-refractivity contribution in [2.75, 3.05) is 18.0 Å². The lowest BCUT2D eigenvalue weighted by Gasteiger charge is -2.20. The van der Waals surface area contributed by atoms with Crippen molar-refractivity contribution in [2.24, 2.45) is 0 Å². The molecule has 1 rings (SSSR count). The van der Waals surface area contributed by atoms with E-state index in [1.807, 2.05) is 6.07 Å². The van der Waals surface area contributed by atoms with Gasteiger partial charge in [0.25, 0.3) is 0 Å². The zero-order valence-corrected chi connectivity index (χ0v) is 10.6. The molecule has 0 heterocycles. The van der Waals surface area contributed by atoms with Gasteiger partial charge >= 0.3 is 0 Å². The van der Waals surface area contributed by atoms with Crippen molar-refractivity contribution in [3.63, 3.8) is 0 Å². The Labute approximate surface area is 97.3 Å². The van der Waals surface area contributed by atoms with Crippen molar-refractivity contribution in [3.05, 3.63) is 30.3 Å². The third-order valence-corrected chi connectivity index (χ3v) is 1.88. The van der Waals surface area contributed by atoms with Crippen LogP contribution in [0.15, 0.2) is 30.3 Å². The molecule has 0 saturated heterocycles. The average Bonchev–Trinajstić information content (AvgIpc) is 2.09. The van der Waals surface area contributed by atoms with Crippen LogP contribution in [0.25, 0.3) is 0 Å². The molecule has 3 heteroatoms. The smallest absolute Gasteiger partial charge is 0.0365 e. The number of hydrogen-bond donors (Lipinski definition) is 0. The minimum Gasteiger partial charge on any atom is -0.372 e. The molecular weight excluding hydrogens is 249 g/mol. The molecule has 13 heavy (non-hydrogen) atoms. The zero-order chi connectivity index (χ0) is 8.10. The molecule has 0 saturated carbocycles. The van der Waals surface area contributed by atoms with Crippen LogP contribution in [0.5, 0.6) is 0 Å². The highest BCUT2D eigenvalue weighted by atomic mass is 79.9. The molecule has 1 aromatic carbocycles. The van der Waals surface area contributed by atoms with Crippen molar-refractivity contribution in [1.82, 2.24) is 0 Å². The number of halogens is 2. The molecule has 0 aliphatic rings. The fourth-order valence-corrected chi connectivity index (χ4v) is 1.23. The molecule has 0 N–H and O–H groups in total. The molecule has 0 aliphatic heterocycles. The average molecular weight is 267 g/mol. The van der Waals surface area contributed by atoms with Crippen molar-refractivity contribution in [1.29, 1.82) is 0 Å². The second-order valence-corrected chi connectivity index (χ2v) is 2.51. The monoisotopic (exact) mass is 265 g/mol. The molecule has 0 aromatic heterocycles. The van der Waals surface area contributed by atoms with Gasteiger partial charge in [0.15, 0.2) is 0 Å². The summed E-state index contributed by atoms with van der Waals surface area (Å²) in [7, 11) is 0. The first-order chi connectivity index (χ1) is 5.38. The summed E-state index contributed by atoms with van der Waals surface area (Å²) in [5.74, 6) is 0. The first-order valence-electron chi connectivity index (χ1n) is 4.18. The Hall–Kier alpha value is -0.210. The maximum absolute atomic E-state index is 2.33. The Kier molecular flexibility index (Phi) is 9.86. The number of benzene rings is 1. The molecule has 76 valence electrons. The number of nitrogens with zero attached hydrogens (tertiary/aromatic N) is 1. The van der Waals surface area contributed by atoms with E-state index in [2.05, 4.69) is 43.0 Å². The third kappa shape index (κ3) is 4.53. The van der Waals surface area contributed by atoms with Crippen LogP contribution in [-0.2, 0) is 0 Å². The van der Waals surface area contributed by atoms with E-state index in [-0.39, 0.29) is 29.4 Å². The molecule has 0 atom stereocenters. The number of hydrogen-bond acceptors (Lipinski definition) is 1. The van der Waals surface area contributed by atoms with Crippen molar-refractivity contribution in [3.8, 4) is 0 Å². The van der Waals surface area contributed by atoms with Crippen LogP contribution in [0.1, 0.15) is 13.8 Å². The van der Waals surface area contributed by atoms with Crippen molar-refractivity contribution < 1.29 is 0 Å². The summed E-state index contributed by atoms with van der Waals surface area (Å²) < 4.78 is 0. The van der Waals surface area contributed by atoms with Gasteiger partial charge in [0, 0.05) is 18.8 Å². The molecule has 1 nitrogen and oxygen atoms in total. The van der Waals surface area contributed by atoms with E-state index in [0.717, 1.165) is 13.1 Å². The van der Waals surface area contributed by atoms with E-state index in [9.17, 15) is 0 Å². The van der Waals surface area contributed by atoms with Crippen LogP contribution in [0.4, 0.5) is 5.69 Å². The predicted molar refractivity (Wildman–Crippen MR) is 67.6 cm³/mol. The van der Waals surface area contributed by atoms with Gasteiger partial charge in [-0.3, -0.25) is 0 Å². The van der Waals surface area contributed by atoms with E-state index in [1.54, 1.807) is 0 Å². The molecule has 0 amide bonds. The standard InChI is InChI=1S/C10H15N.BrH.ClH/c1-3-11(4-2)10-8-6-5-7-9-10;;/h5-9H,3-4H2,1-2H3;2*1H. The molecule has 0 spiro atoms. The van der Waals surface area contributed by atoms with Gasteiger partial charge < -0.3 is 4.90 Å². The van der Waals surface area contributed by atoms with Crippen LogP contribution in [0, 0.1) is 0 Å². The third-order valence-electron chi connectivity index (χ3n) is 1.88. The predicted octanol–water partition coefficient (Wildman–Crippen LogP) is 3.53. The Morgan fingerprint density at radius 3 is 1.85 bits per heavy atom. The van der Waals surface area contributed by atoms with Crippen LogP contribution in [-0.4, -0.2) is 13.1 Å². The Balaban J connectivity index is 0. The van der Waals surface area contributed by atoms with Gasteiger partial charge in [0.05, 0.1) is 0 Å². The number of anilines is 1. The van der Waals surface area contributed by atoms with Crippen molar-refractivity contribution >= 4 is 35.1 Å². The summed E-state index contributed by atoms with van der Waals surface area (Å²) >= 11 is 0. The minimum absolute atomic E-state index is 0. The molecule has 0 bridgehead atoms. The Bertz CT molecular complexity index is 199. The summed E-state index contributed by atoms with van der Waals surface area (Å²) in [6.45, 7) is 6.52. The van der Waals surface area contributed by atoms with E-state index in [1.165, 1.54) is 5.69 Å². The second-order valence-electron chi connectivity index (χ2n) is 2.51. The van der Waals surface area contributed by atoms with E-state index in [0.29, 0.717) is 0 Å². The lowest BCUT2D eigenvalue weighted by molar-refractivity contribution is 0.866.